The first kappa shape index (κ1) is 30.3. The van der Waals surface area contributed by atoms with Crippen LogP contribution < -0.4 is 10.2 Å². The van der Waals surface area contributed by atoms with Crippen LogP contribution in [0, 0.1) is 36.5 Å². The van der Waals surface area contributed by atoms with Crippen molar-refractivity contribution in [3.63, 3.8) is 0 Å². The lowest BCUT2D eigenvalue weighted by Crippen LogP contribution is -2.20. The van der Waals surface area contributed by atoms with Crippen LogP contribution in [-0.2, 0) is 6.18 Å². The Balaban J connectivity index is 2.25. The lowest BCUT2D eigenvalue weighted by molar-refractivity contribution is -0.137. The van der Waals surface area contributed by atoms with E-state index in [0.717, 1.165) is 12.1 Å². The van der Waals surface area contributed by atoms with E-state index in [1.807, 2.05) is 6.92 Å². The largest absolute Gasteiger partial charge is 0.416 e. The second kappa shape index (κ2) is 11.9. The molecule has 3 rings (SSSR count). The fourth-order valence-electron chi connectivity index (χ4n) is 4.22. The SMILES string of the molecule is C=C(C)Nc1cc(-c2cc(C#N)cc(C(F)(F)F)c2)c(C#N)cc1N(C(=C)C)C(=C)/C=C(\C)c1nc(C)nc(C)n1. The minimum atomic E-state index is -4.68. The molecule has 0 radical (unpaired) electrons. The number of nitrogens with one attached hydrogen (secondary N) is 1. The number of aryl methyl sites for hydroxylation is 2. The number of rotatable bonds is 8. The molecule has 0 bridgehead atoms. The van der Waals surface area contributed by atoms with Crippen molar-refractivity contribution < 1.29 is 13.2 Å². The molecule has 2 aromatic carbocycles. The molecule has 1 N–H and O–H groups in total. The molecule has 0 aliphatic carbocycles. The van der Waals surface area contributed by atoms with Gasteiger partial charge in [-0.05, 0) is 82.2 Å². The highest BCUT2D eigenvalue weighted by molar-refractivity contribution is 5.86. The molecule has 10 heteroatoms. The van der Waals surface area contributed by atoms with Crippen LogP contribution >= 0.6 is 0 Å². The first-order valence-electron chi connectivity index (χ1n) is 12.3. The Hall–Kier alpha value is -5.22. The quantitative estimate of drug-likeness (QED) is 0.283. The molecule has 3 aromatic rings. The smallest absolute Gasteiger partial charge is 0.358 e. The molecule has 1 aromatic heterocycles. The van der Waals surface area contributed by atoms with Gasteiger partial charge >= 0.3 is 6.18 Å². The number of halogens is 3. The van der Waals surface area contributed by atoms with Crippen molar-refractivity contribution in [1.82, 2.24) is 15.0 Å². The highest BCUT2D eigenvalue weighted by Gasteiger charge is 2.32. The van der Waals surface area contributed by atoms with Gasteiger partial charge in [0.15, 0.2) is 5.82 Å². The average Bonchev–Trinajstić information content (AvgIpc) is 2.87. The van der Waals surface area contributed by atoms with Gasteiger partial charge in [0.25, 0.3) is 0 Å². The maximum atomic E-state index is 13.6. The zero-order chi connectivity index (χ0) is 30.6. The number of anilines is 2. The number of nitrogens with zero attached hydrogens (tertiary/aromatic N) is 6. The fraction of sp³-hybridized carbons (Fsp3) is 0.194. The van der Waals surface area contributed by atoms with E-state index in [-0.39, 0.29) is 22.3 Å². The van der Waals surface area contributed by atoms with Gasteiger partial charge in [-0.25, -0.2) is 15.0 Å². The lowest BCUT2D eigenvalue weighted by atomic mass is 9.94. The van der Waals surface area contributed by atoms with Gasteiger partial charge in [-0.2, -0.15) is 23.7 Å². The molecule has 0 amide bonds. The third-order valence-corrected chi connectivity index (χ3v) is 5.81. The number of nitriles is 2. The first-order chi connectivity index (χ1) is 19.1. The van der Waals surface area contributed by atoms with Gasteiger partial charge in [-0.15, -0.1) is 0 Å². The van der Waals surface area contributed by atoms with Gasteiger partial charge in [-0.1, -0.05) is 19.7 Å². The van der Waals surface area contributed by atoms with Crippen LogP contribution in [0.5, 0.6) is 0 Å². The Labute approximate surface area is 237 Å². The standard InChI is InChI=1S/C31H28F3N7/c1-17(2)37-28-14-27(24-10-23(15-35)11-26(12-24)31(32,33)34)25(16-36)13-29(28)41(18(3)4)20(6)9-19(5)30-39-21(7)38-22(8)40-30/h9-14,37H,1,3,6H2,2,4-5,7-8H3/b19-9+. The van der Waals surface area contributed by atoms with E-state index in [4.69, 9.17) is 0 Å². The van der Waals surface area contributed by atoms with E-state index in [0.29, 0.717) is 51.5 Å². The maximum Gasteiger partial charge on any atom is 0.416 e. The molecule has 0 spiro atoms. The molecule has 0 aliphatic heterocycles. The van der Waals surface area contributed by atoms with Crippen molar-refractivity contribution in [2.24, 2.45) is 0 Å². The van der Waals surface area contributed by atoms with Crippen LogP contribution in [0.3, 0.4) is 0 Å². The topological polar surface area (TPSA) is 102 Å². The molecule has 0 saturated heterocycles. The summed E-state index contributed by atoms with van der Waals surface area (Å²) in [4.78, 5) is 14.7. The van der Waals surface area contributed by atoms with Gasteiger partial charge in [-0.3, -0.25) is 0 Å². The number of aromatic nitrogens is 3. The Kier molecular flexibility index (Phi) is 8.79. The third-order valence-electron chi connectivity index (χ3n) is 5.81. The first-order valence-corrected chi connectivity index (χ1v) is 12.3. The maximum absolute atomic E-state index is 13.6. The summed E-state index contributed by atoms with van der Waals surface area (Å²) in [5.74, 6) is 1.61. The van der Waals surface area contributed by atoms with E-state index in [9.17, 15) is 23.7 Å². The van der Waals surface area contributed by atoms with Gasteiger partial charge in [0.2, 0.25) is 0 Å². The number of benzene rings is 2. The highest BCUT2D eigenvalue weighted by atomic mass is 19.4. The predicted molar refractivity (Wildman–Crippen MR) is 154 cm³/mol. The van der Waals surface area contributed by atoms with Gasteiger partial charge in [0.05, 0.1) is 40.2 Å². The zero-order valence-electron chi connectivity index (χ0n) is 23.4. The number of alkyl halides is 3. The third kappa shape index (κ3) is 7.06. The summed E-state index contributed by atoms with van der Waals surface area (Å²) in [6.07, 6.45) is -2.92. The normalized spacial score (nSPS) is 11.3. The molecular formula is C31H28F3N7. The van der Waals surface area contributed by atoms with Crippen LogP contribution in [0.1, 0.15) is 54.9 Å². The van der Waals surface area contributed by atoms with E-state index >= 15 is 0 Å². The summed E-state index contributed by atoms with van der Waals surface area (Å²) >= 11 is 0. The molecule has 1 heterocycles. The van der Waals surface area contributed by atoms with E-state index < -0.39 is 11.7 Å². The van der Waals surface area contributed by atoms with Crippen molar-refractivity contribution in [3.8, 4) is 23.3 Å². The van der Waals surface area contributed by atoms with E-state index in [2.05, 4.69) is 46.1 Å². The Morgan fingerprint density at radius 2 is 1.56 bits per heavy atom. The van der Waals surface area contributed by atoms with Crippen LogP contribution in [0.4, 0.5) is 24.5 Å². The Bertz CT molecular complexity index is 1670. The van der Waals surface area contributed by atoms with Crippen LogP contribution in [0.25, 0.3) is 16.7 Å². The van der Waals surface area contributed by atoms with Gasteiger partial charge < -0.3 is 10.2 Å². The molecule has 0 unspecified atom stereocenters. The number of hydrogen-bond donors (Lipinski definition) is 1. The average molecular weight is 556 g/mol. The molecule has 0 fully saturated rings. The minimum absolute atomic E-state index is 0.0706. The summed E-state index contributed by atoms with van der Waals surface area (Å²) in [5, 5.41) is 22.6. The van der Waals surface area contributed by atoms with Gasteiger partial charge in [0.1, 0.15) is 11.6 Å². The van der Waals surface area contributed by atoms with Crippen molar-refractivity contribution in [3.05, 3.63) is 107 Å². The van der Waals surface area contributed by atoms with Crippen LogP contribution in [0.2, 0.25) is 0 Å². The molecule has 0 saturated carbocycles. The summed E-state index contributed by atoms with van der Waals surface area (Å²) in [6.45, 7) is 21.0. The summed E-state index contributed by atoms with van der Waals surface area (Å²) in [5.41, 5.74) is 2.35. The molecule has 41 heavy (non-hydrogen) atoms. The van der Waals surface area contributed by atoms with Crippen LogP contribution in [0.15, 0.2) is 73.2 Å². The second-order valence-electron chi connectivity index (χ2n) is 9.48. The van der Waals surface area contributed by atoms with E-state index in [1.54, 1.807) is 50.8 Å². The van der Waals surface area contributed by atoms with E-state index in [1.165, 1.54) is 12.1 Å². The fourth-order valence-corrected chi connectivity index (χ4v) is 4.22. The van der Waals surface area contributed by atoms with Crippen molar-refractivity contribution in [2.75, 3.05) is 10.2 Å². The molecule has 208 valence electrons. The van der Waals surface area contributed by atoms with Crippen molar-refractivity contribution >= 4 is 16.9 Å². The molecule has 7 nitrogen and oxygen atoms in total. The summed E-state index contributed by atoms with van der Waals surface area (Å²) in [7, 11) is 0. The second-order valence-corrected chi connectivity index (χ2v) is 9.48. The number of hydrogen-bond acceptors (Lipinski definition) is 7. The predicted octanol–water partition coefficient (Wildman–Crippen LogP) is 7.82. The number of allylic oxidation sites excluding steroid dienone is 4. The highest BCUT2D eigenvalue weighted by Crippen LogP contribution is 2.40. The minimum Gasteiger partial charge on any atom is -0.358 e. The Morgan fingerprint density at radius 3 is 2.07 bits per heavy atom. The van der Waals surface area contributed by atoms with Crippen molar-refractivity contribution in [1.29, 1.82) is 10.5 Å². The van der Waals surface area contributed by atoms with Crippen molar-refractivity contribution in [2.45, 2.75) is 40.8 Å². The van der Waals surface area contributed by atoms with Gasteiger partial charge in [0, 0.05) is 22.7 Å². The molecule has 0 atom stereocenters. The summed E-state index contributed by atoms with van der Waals surface area (Å²) in [6, 6.07) is 9.94. The Morgan fingerprint density at radius 1 is 0.927 bits per heavy atom. The summed E-state index contributed by atoms with van der Waals surface area (Å²) < 4.78 is 40.8. The molecular weight excluding hydrogens is 527 g/mol. The zero-order valence-corrected chi connectivity index (χ0v) is 23.4. The van der Waals surface area contributed by atoms with Crippen LogP contribution in [-0.4, -0.2) is 15.0 Å². The monoisotopic (exact) mass is 555 g/mol. The molecule has 0 aliphatic rings. The lowest BCUT2D eigenvalue weighted by Gasteiger charge is -2.29.